The van der Waals surface area contributed by atoms with Gasteiger partial charge in [0.25, 0.3) is 5.91 Å². The number of hydrogen-bond acceptors (Lipinski definition) is 4. The number of aromatic nitrogens is 1. The zero-order valence-corrected chi connectivity index (χ0v) is 11.7. The molecular formula is C14H20FN3O2. The monoisotopic (exact) mass is 281 g/mol. The SMILES string of the molecule is COCCN1CCCN(C(=O)c2ccc(F)nc2)CC1. The minimum atomic E-state index is -0.567. The Morgan fingerprint density at radius 2 is 2.20 bits per heavy atom. The van der Waals surface area contributed by atoms with Crippen molar-refractivity contribution in [2.45, 2.75) is 6.42 Å². The predicted octanol–water partition coefficient (Wildman–Crippen LogP) is 1.01. The fourth-order valence-corrected chi connectivity index (χ4v) is 2.30. The molecule has 0 aliphatic carbocycles. The van der Waals surface area contributed by atoms with Crippen LogP contribution >= 0.6 is 0 Å². The van der Waals surface area contributed by atoms with Gasteiger partial charge in [-0.2, -0.15) is 4.39 Å². The molecule has 2 rings (SSSR count). The molecule has 110 valence electrons. The molecule has 0 spiro atoms. The molecule has 5 nitrogen and oxygen atoms in total. The third-order valence-electron chi connectivity index (χ3n) is 3.46. The zero-order valence-electron chi connectivity index (χ0n) is 11.7. The number of halogens is 1. The largest absolute Gasteiger partial charge is 0.383 e. The summed E-state index contributed by atoms with van der Waals surface area (Å²) in [5, 5.41) is 0. The molecule has 0 saturated carbocycles. The van der Waals surface area contributed by atoms with Gasteiger partial charge in [-0.3, -0.25) is 9.69 Å². The van der Waals surface area contributed by atoms with Gasteiger partial charge in [0.2, 0.25) is 5.95 Å². The van der Waals surface area contributed by atoms with Crippen molar-refractivity contribution in [2.24, 2.45) is 0 Å². The Morgan fingerprint density at radius 1 is 1.35 bits per heavy atom. The molecule has 6 heteroatoms. The predicted molar refractivity (Wildman–Crippen MR) is 73.0 cm³/mol. The van der Waals surface area contributed by atoms with Gasteiger partial charge < -0.3 is 9.64 Å². The molecule has 1 aromatic rings. The maximum Gasteiger partial charge on any atom is 0.255 e. The minimum Gasteiger partial charge on any atom is -0.383 e. The van der Waals surface area contributed by atoms with Gasteiger partial charge in [0.15, 0.2) is 0 Å². The molecule has 1 aromatic heterocycles. The molecule has 0 aromatic carbocycles. The third-order valence-corrected chi connectivity index (χ3v) is 3.46. The van der Waals surface area contributed by atoms with Crippen LogP contribution in [0.25, 0.3) is 0 Å². The molecule has 0 N–H and O–H groups in total. The van der Waals surface area contributed by atoms with E-state index in [0.717, 1.165) is 32.6 Å². The van der Waals surface area contributed by atoms with Crippen LogP contribution in [-0.2, 0) is 4.74 Å². The number of rotatable bonds is 4. The van der Waals surface area contributed by atoms with Gasteiger partial charge in [-0.25, -0.2) is 4.98 Å². The highest BCUT2D eigenvalue weighted by Crippen LogP contribution is 2.09. The van der Waals surface area contributed by atoms with E-state index in [1.165, 1.54) is 18.3 Å². The number of carbonyl (C=O) groups excluding carboxylic acids is 1. The summed E-state index contributed by atoms with van der Waals surface area (Å²) in [6.45, 7) is 4.80. The van der Waals surface area contributed by atoms with Crippen LogP contribution in [0.1, 0.15) is 16.8 Å². The first kappa shape index (κ1) is 14.9. The molecule has 1 saturated heterocycles. The van der Waals surface area contributed by atoms with E-state index in [1.807, 2.05) is 4.90 Å². The fourth-order valence-electron chi connectivity index (χ4n) is 2.30. The molecule has 0 unspecified atom stereocenters. The van der Waals surface area contributed by atoms with Crippen LogP contribution in [0.3, 0.4) is 0 Å². The molecule has 20 heavy (non-hydrogen) atoms. The number of methoxy groups -OCH3 is 1. The first-order chi connectivity index (χ1) is 9.70. The van der Waals surface area contributed by atoms with Gasteiger partial charge in [-0.15, -0.1) is 0 Å². The molecule has 1 amide bonds. The summed E-state index contributed by atoms with van der Waals surface area (Å²) >= 11 is 0. The van der Waals surface area contributed by atoms with Gasteiger partial charge >= 0.3 is 0 Å². The maximum atomic E-state index is 12.8. The third kappa shape index (κ3) is 3.98. The fraction of sp³-hybridized carbons (Fsp3) is 0.571. The van der Waals surface area contributed by atoms with Crippen LogP contribution in [-0.4, -0.2) is 67.1 Å². The molecule has 0 atom stereocenters. The molecule has 0 bridgehead atoms. The highest BCUT2D eigenvalue weighted by Gasteiger charge is 2.20. The van der Waals surface area contributed by atoms with Crippen LogP contribution in [0.5, 0.6) is 0 Å². The number of hydrogen-bond donors (Lipinski definition) is 0. The lowest BCUT2D eigenvalue weighted by molar-refractivity contribution is 0.0758. The summed E-state index contributed by atoms with van der Waals surface area (Å²) in [5.41, 5.74) is 0.441. The Morgan fingerprint density at radius 3 is 2.90 bits per heavy atom. The lowest BCUT2D eigenvalue weighted by Crippen LogP contribution is -2.36. The summed E-state index contributed by atoms with van der Waals surface area (Å²) in [5.74, 6) is -0.644. The quantitative estimate of drug-likeness (QED) is 0.773. The van der Waals surface area contributed by atoms with Crippen LogP contribution < -0.4 is 0 Å². The number of ether oxygens (including phenoxy) is 1. The van der Waals surface area contributed by atoms with E-state index < -0.39 is 5.95 Å². The average Bonchev–Trinajstić information content (AvgIpc) is 2.70. The van der Waals surface area contributed by atoms with E-state index in [4.69, 9.17) is 4.74 Å². The highest BCUT2D eigenvalue weighted by atomic mass is 19.1. The van der Waals surface area contributed by atoms with Crippen molar-refractivity contribution < 1.29 is 13.9 Å². The normalized spacial score (nSPS) is 17.0. The number of amides is 1. The maximum absolute atomic E-state index is 12.8. The van der Waals surface area contributed by atoms with E-state index in [-0.39, 0.29) is 5.91 Å². The van der Waals surface area contributed by atoms with Crippen molar-refractivity contribution in [3.63, 3.8) is 0 Å². The highest BCUT2D eigenvalue weighted by molar-refractivity contribution is 5.93. The van der Waals surface area contributed by atoms with Crippen molar-refractivity contribution in [3.05, 3.63) is 29.8 Å². The lowest BCUT2D eigenvalue weighted by atomic mass is 10.2. The van der Waals surface area contributed by atoms with Crippen LogP contribution in [0.15, 0.2) is 18.3 Å². The van der Waals surface area contributed by atoms with Crippen LogP contribution in [0, 0.1) is 5.95 Å². The zero-order chi connectivity index (χ0) is 14.4. The topological polar surface area (TPSA) is 45.7 Å². The first-order valence-electron chi connectivity index (χ1n) is 6.83. The Hall–Kier alpha value is -1.53. The summed E-state index contributed by atoms with van der Waals surface area (Å²) in [6, 6.07) is 2.70. The summed E-state index contributed by atoms with van der Waals surface area (Å²) in [4.78, 5) is 19.9. The summed E-state index contributed by atoms with van der Waals surface area (Å²) in [7, 11) is 1.69. The van der Waals surface area contributed by atoms with Gasteiger partial charge in [0, 0.05) is 39.5 Å². The molecule has 1 aliphatic heterocycles. The standard InChI is InChI=1S/C14H20FN3O2/c1-20-10-9-17-5-2-6-18(8-7-17)14(19)12-3-4-13(15)16-11-12/h3-4,11H,2,5-10H2,1H3. The van der Waals surface area contributed by atoms with E-state index in [2.05, 4.69) is 9.88 Å². The van der Waals surface area contributed by atoms with Crippen molar-refractivity contribution in [3.8, 4) is 0 Å². The number of pyridine rings is 1. The van der Waals surface area contributed by atoms with Crippen LogP contribution in [0.2, 0.25) is 0 Å². The minimum absolute atomic E-state index is 0.0777. The second-order valence-electron chi connectivity index (χ2n) is 4.85. The van der Waals surface area contributed by atoms with Crippen molar-refractivity contribution >= 4 is 5.91 Å². The Labute approximate surface area is 118 Å². The number of nitrogens with zero attached hydrogens (tertiary/aromatic N) is 3. The number of carbonyl (C=O) groups is 1. The van der Waals surface area contributed by atoms with Gasteiger partial charge in [-0.1, -0.05) is 0 Å². The molecular weight excluding hydrogens is 261 g/mol. The van der Waals surface area contributed by atoms with E-state index >= 15 is 0 Å². The second-order valence-corrected chi connectivity index (χ2v) is 4.85. The molecule has 1 aliphatic rings. The second kappa shape index (κ2) is 7.31. The van der Waals surface area contributed by atoms with Gasteiger partial charge in [0.1, 0.15) is 0 Å². The van der Waals surface area contributed by atoms with Crippen molar-refractivity contribution in [1.82, 2.24) is 14.8 Å². The van der Waals surface area contributed by atoms with Gasteiger partial charge in [-0.05, 0) is 25.1 Å². The summed E-state index contributed by atoms with van der Waals surface area (Å²) in [6.07, 6.45) is 2.23. The molecule has 1 fully saturated rings. The van der Waals surface area contributed by atoms with Crippen molar-refractivity contribution in [1.29, 1.82) is 0 Å². The molecule has 0 radical (unpaired) electrons. The molecule has 2 heterocycles. The Balaban J connectivity index is 1.92. The van der Waals surface area contributed by atoms with Gasteiger partial charge in [0.05, 0.1) is 12.2 Å². The lowest BCUT2D eigenvalue weighted by Gasteiger charge is -2.21. The average molecular weight is 281 g/mol. The Bertz CT molecular complexity index is 439. The van der Waals surface area contributed by atoms with E-state index in [9.17, 15) is 9.18 Å². The smallest absolute Gasteiger partial charge is 0.255 e. The summed E-state index contributed by atoms with van der Waals surface area (Å²) < 4.78 is 17.8. The Kier molecular flexibility index (Phi) is 5.43. The van der Waals surface area contributed by atoms with Crippen LogP contribution in [0.4, 0.5) is 4.39 Å². The van der Waals surface area contributed by atoms with E-state index in [0.29, 0.717) is 18.7 Å². The first-order valence-corrected chi connectivity index (χ1v) is 6.83. The van der Waals surface area contributed by atoms with Crippen molar-refractivity contribution in [2.75, 3.05) is 46.4 Å². The van der Waals surface area contributed by atoms with E-state index in [1.54, 1.807) is 7.11 Å².